The largest absolute Gasteiger partial charge is 0.493 e. The monoisotopic (exact) mass is 314 g/mol. The quantitative estimate of drug-likeness (QED) is 0.758. The summed E-state index contributed by atoms with van der Waals surface area (Å²) in [6, 6.07) is 3.67. The zero-order valence-corrected chi connectivity index (χ0v) is 13.7. The van der Waals surface area contributed by atoms with Gasteiger partial charge in [-0.25, -0.2) is 0 Å². The van der Waals surface area contributed by atoms with Crippen LogP contribution in [0.2, 0.25) is 5.02 Å². The van der Waals surface area contributed by atoms with Gasteiger partial charge in [0.1, 0.15) is 11.5 Å². The van der Waals surface area contributed by atoms with Crippen LogP contribution in [0.25, 0.3) is 0 Å². The lowest BCUT2D eigenvalue weighted by Gasteiger charge is -2.29. The summed E-state index contributed by atoms with van der Waals surface area (Å²) >= 11 is 6.33. The van der Waals surface area contributed by atoms with Crippen molar-refractivity contribution in [3.05, 3.63) is 22.7 Å². The summed E-state index contributed by atoms with van der Waals surface area (Å²) < 4.78 is 23.1. The van der Waals surface area contributed by atoms with Gasteiger partial charge in [-0.2, -0.15) is 0 Å². The highest BCUT2D eigenvalue weighted by Gasteiger charge is 2.40. The Bertz CT molecular complexity index is 470. The van der Waals surface area contributed by atoms with Gasteiger partial charge >= 0.3 is 0 Å². The van der Waals surface area contributed by atoms with Crippen LogP contribution in [0.4, 0.5) is 0 Å². The predicted octanol–water partition coefficient (Wildman–Crippen LogP) is 4.14. The molecule has 1 aromatic carbocycles. The van der Waals surface area contributed by atoms with Crippen LogP contribution >= 0.6 is 11.6 Å². The van der Waals surface area contributed by atoms with Crippen molar-refractivity contribution in [3.63, 3.8) is 0 Å². The first kappa shape index (κ1) is 16.4. The second-order valence-electron chi connectivity index (χ2n) is 4.84. The third-order valence-corrected chi connectivity index (χ3v) is 3.67. The maximum absolute atomic E-state index is 6.33. The molecule has 0 aliphatic carbocycles. The van der Waals surface area contributed by atoms with E-state index in [1.165, 1.54) is 0 Å². The second kappa shape index (κ2) is 7.34. The van der Waals surface area contributed by atoms with Gasteiger partial charge in [-0.1, -0.05) is 24.9 Å². The zero-order chi connectivity index (χ0) is 15.3. The highest BCUT2D eigenvalue weighted by Crippen LogP contribution is 2.44. The first-order valence-corrected chi connectivity index (χ1v) is 7.92. The molecule has 1 heterocycles. The third kappa shape index (κ3) is 3.44. The number of rotatable bonds is 7. The molecule has 118 valence electrons. The van der Waals surface area contributed by atoms with Crippen LogP contribution < -0.4 is 9.47 Å². The van der Waals surface area contributed by atoms with Gasteiger partial charge in [-0.3, -0.25) is 0 Å². The van der Waals surface area contributed by atoms with Crippen molar-refractivity contribution in [1.29, 1.82) is 0 Å². The summed E-state index contributed by atoms with van der Waals surface area (Å²) in [4.78, 5) is 0. The number of ether oxygens (including phenoxy) is 4. The molecule has 0 bridgehead atoms. The van der Waals surface area contributed by atoms with Crippen LogP contribution in [-0.2, 0) is 15.3 Å². The maximum Gasteiger partial charge on any atom is 0.198 e. The molecule has 0 N–H and O–H groups in total. The Labute approximate surface area is 131 Å². The summed E-state index contributed by atoms with van der Waals surface area (Å²) in [6.07, 6.45) is 1.70. The Morgan fingerprint density at radius 2 is 1.67 bits per heavy atom. The maximum atomic E-state index is 6.33. The zero-order valence-electron chi connectivity index (χ0n) is 12.9. The molecular formula is C16H23ClO4. The Morgan fingerprint density at radius 1 is 1.05 bits per heavy atom. The highest BCUT2D eigenvalue weighted by molar-refractivity contribution is 6.32. The summed E-state index contributed by atoms with van der Waals surface area (Å²) in [5, 5.41) is 0.546. The molecule has 21 heavy (non-hydrogen) atoms. The van der Waals surface area contributed by atoms with Crippen molar-refractivity contribution >= 4 is 11.6 Å². The summed E-state index contributed by atoms with van der Waals surface area (Å²) in [6.45, 7) is 8.24. The minimum Gasteiger partial charge on any atom is -0.493 e. The van der Waals surface area contributed by atoms with Crippen LogP contribution in [0.3, 0.4) is 0 Å². The number of hydrogen-bond acceptors (Lipinski definition) is 4. The lowest BCUT2D eigenvalue weighted by Crippen LogP contribution is -2.28. The van der Waals surface area contributed by atoms with E-state index in [2.05, 4.69) is 6.92 Å². The van der Waals surface area contributed by atoms with E-state index in [-0.39, 0.29) is 0 Å². The van der Waals surface area contributed by atoms with Gasteiger partial charge in [0, 0.05) is 12.5 Å². The van der Waals surface area contributed by atoms with Crippen LogP contribution in [0.5, 0.6) is 11.5 Å². The van der Waals surface area contributed by atoms with Gasteiger partial charge in [0.05, 0.1) is 37.0 Å². The fraction of sp³-hybridized carbons (Fsp3) is 0.625. The van der Waals surface area contributed by atoms with Crippen molar-refractivity contribution in [3.8, 4) is 11.5 Å². The molecule has 0 atom stereocenters. The Hall–Kier alpha value is -0.970. The van der Waals surface area contributed by atoms with E-state index in [0.717, 1.165) is 18.4 Å². The standard InChI is InChI=1S/C16H23ClO4/c1-4-7-16(20-8-9-21-16)12-10-13(17)15(19-6-3)11-14(12)18-5-2/h10-11H,4-9H2,1-3H3. The Kier molecular flexibility index (Phi) is 5.73. The lowest BCUT2D eigenvalue weighted by atomic mass is 9.99. The van der Waals surface area contributed by atoms with Crippen LogP contribution in [0.15, 0.2) is 12.1 Å². The molecule has 0 unspecified atom stereocenters. The minimum absolute atomic E-state index is 0.546. The molecule has 1 aliphatic rings. The molecule has 1 aromatic rings. The fourth-order valence-electron chi connectivity index (χ4n) is 2.59. The van der Waals surface area contributed by atoms with Gasteiger partial charge in [0.2, 0.25) is 0 Å². The van der Waals surface area contributed by atoms with Crippen molar-refractivity contribution in [1.82, 2.24) is 0 Å². The van der Waals surface area contributed by atoms with Crippen molar-refractivity contribution in [2.24, 2.45) is 0 Å². The van der Waals surface area contributed by atoms with E-state index in [9.17, 15) is 0 Å². The summed E-state index contributed by atoms with van der Waals surface area (Å²) in [5.74, 6) is 0.574. The first-order chi connectivity index (χ1) is 10.2. The molecular weight excluding hydrogens is 292 g/mol. The predicted molar refractivity (Wildman–Crippen MR) is 82.3 cm³/mol. The molecule has 0 aromatic heterocycles. The van der Waals surface area contributed by atoms with Crippen molar-refractivity contribution < 1.29 is 18.9 Å². The number of benzene rings is 1. The SMILES string of the molecule is CCCC1(c2cc(Cl)c(OCC)cc2OCC)OCCO1. The van der Waals surface area contributed by atoms with Gasteiger partial charge in [-0.15, -0.1) is 0 Å². The van der Waals surface area contributed by atoms with E-state index < -0.39 is 5.79 Å². The van der Waals surface area contributed by atoms with Crippen molar-refractivity contribution in [2.75, 3.05) is 26.4 Å². The molecule has 2 rings (SSSR count). The topological polar surface area (TPSA) is 36.9 Å². The van der Waals surface area contributed by atoms with Crippen molar-refractivity contribution in [2.45, 2.75) is 39.4 Å². The third-order valence-electron chi connectivity index (χ3n) is 3.38. The van der Waals surface area contributed by atoms with E-state index in [4.69, 9.17) is 30.5 Å². The lowest BCUT2D eigenvalue weighted by molar-refractivity contribution is -0.172. The van der Waals surface area contributed by atoms with Gasteiger partial charge < -0.3 is 18.9 Å². The molecule has 4 nitrogen and oxygen atoms in total. The number of hydrogen-bond donors (Lipinski definition) is 0. The van der Waals surface area contributed by atoms with E-state index in [1.807, 2.05) is 26.0 Å². The Balaban J connectivity index is 2.47. The van der Waals surface area contributed by atoms with Gasteiger partial charge in [-0.05, 0) is 19.9 Å². The number of halogens is 1. The first-order valence-electron chi connectivity index (χ1n) is 7.54. The van der Waals surface area contributed by atoms with Gasteiger partial charge in [0.25, 0.3) is 0 Å². The van der Waals surface area contributed by atoms with Crippen LogP contribution in [0.1, 0.15) is 39.2 Å². The van der Waals surface area contributed by atoms with E-state index in [0.29, 0.717) is 42.9 Å². The van der Waals surface area contributed by atoms with E-state index in [1.54, 1.807) is 0 Å². The normalized spacial score (nSPS) is 17.0. The van der Waals surface area contributed by atoms with Gasteiger partial charge in [0.15, 0.2) is 5.79 Å². The molecule has 0 spiro atoms. The molecule has 0 saturated carbocycles. The smallest absolute Gasteiger partial charge is 0.198 e. The molecule has 0 radical (unpaired) electrons. The average Bonchev–Trinajstić information content (AvgIpc) is 2.93. The van der Waals surface area contributed by atoms with E-state index >= 15 is 0 Å². The minimum atomic E-state index is -0.756. The average molecular weight is 315 g/mol. The molecule has 0 amide bonds. The summed E-state index contributed by atoms with van der Waals surface area (Å²) in [7, 11) is 0. The molecule has 1 aliphatic heterocycles. The fourth-order valence-corrected chi connectivity index (χ4v) is 2.81. The Morgan fingerprint density at radius 3 is 2.24 bits per heavy atom. The molecule has 1 saturated heterocycles. The highest BCUT2D eigenvalue weighted by atomic mass is 35.5. The molecule has 1 fully saturated rings. The van der Waals surface area contributed by atoms with Crippen LogP contribution in [-0.4, -0.2) is 26.4 Å². The second-order valence-corrected chi connectivity index (χ2v) is 5.25. The summed E-state index contributed by atoms with van der Waals surface area (Å²) in [5.41, 5.74) is 0.845. The van der Waals surface area contributed by atoms with Crippen LogP contribution in [0, 0.1) is 0 Å². The molecule has 5 heteroatoms.